The van der Waals surface area contributed by atoms with E-state index in [-0.39, 0.29) is 18.2 Å². The second kappa shape index (κ2) is 8.54. The van der Waals surface area contributed by atoms with Gasteiger partial charge in [0, 0.05) is 26.2 Å². The second-order valence-electron chi connectivity index (χ2n) is 7.59. The van der Waals surface area contributed by atoms with Crippen LogP contribution in [0.4, 0.5) is 0 Å². The predicted molar refractivity (Wildman–Crippen MR) is 113 cm³/mol. The van der Waals surface area contributed by atoms with Crippen LogP contribution in [0, 0.1) is 0 Å². The Bertz CT molecular complexity index is 860. The SMILES string of the molecule is CC(C)(C(=O)N1CCN(C(=O)Cc2ccc(Cl)c(Cl)c2)CC1)c1ccccc1. The Hall–Kier alpha value is -2.04. The minimum Gasteiger partial charge on any atom is -0.339 e. The first kappa shape index (κ1) is 20.7. The zero-order valence-corrected chi connectivity index (χ0v) is 17.6. The number of halogens is 2. The predicted octanol–water partition coefficient (Wildman–Crippen LogP) is 4.18. The molecule has 6 heteroatoms. The summed E-state index contributed by atoms with van der Waals surface area (Å²) in [5, 5.41) is 0.927. The third-order valence-corrected chi connectivity index (χ3v) is 6.03. The molecular formula is C22H24Cl2N2O2. The third-order valence-electron chi connectivity index (χ3n) is 5.29. The van der Waals surface area contributed by atoms with Gasteiger partial charge in [-0.3, -0.25) is 9.59 Å². The topological polar surface area (TPSA) is 40.6 Å². The molecule has 0 unspecified atom stereocenters. The molecule has 0 aromatic heterocycles. The molecule has 0 radical (unpaired) electrons. The van der Waals surface area contributed by atoms with Crippen molar-refractivity contribution in [3.8, 4) is 0 Å². The Morgan fingerprint density at radius 3 is 2.11 bits per heavy atom. The molecule has 0 atom stereocenters. The minimum atomic E-state index is -0.590. The molecule has 1 saturated heterocycles. The van der Waals surface area contributed by atoms with Gasteiger partial charge in [0.05, 0.1) is 21.9 Å². The van der Waals surface area contributed by atoms with Crippen LogP contribution in [0.1, 0.15) is 25.0 Å². The Labute approximate surface area is 176 Å². The highest BCUT2D eigenvalue weighted by molar-refractivity contribution is 6.42. The summed E-state index contributed by atoms with van der Waals surface area (Å²) < 4.78 is 0. The van der Waals surface area contributed by atoms with Crippen molar-refractivity contribution in [3.63, 3.8) is 0 Å². The monoisotopic (exact) mass is 418 g/mol. The maximum absolute atomic E-state index is 13.1. The fourth-order valence-electron chi connectivity index (χ4n) is 3.47. The van der Waals surface area contributed by atoms with Crippen molar-refractivity contribution in [1.29, 1.82) is 0 Å². The van der Waals surface area contributed by atoms with E-state index in [9.17, 15) is 9.59 Å². The number of amides is 2. The number of benzene rings is 2. The fraction of sp³-hybridized carbons (Fsp3) is 0.364. The number of rotatable bonds is 4. The summed E-state index contributed by atoms with van der Waals surface area (Å²) in [7, 11) is 0. The first-order valence-electron chi connectivity index (χ1n) is 9.35. The number of nitrogens with zero attached hydrogens (tertiary/aromatic N) is 2. The van der Waals surface area contributed by atoms with Gasteiger partial charge in [0.1, 0.15) is 0 Å². The maximum atomic E-state index is 13.1. The standard InChI is InChI=1S/C22H24Cl2N2O2/c1-22(2,17-6-4-3-5-7-17)21(28)26-12-10-25(11-13-26)20(27)15-16-8-9-18(23)19(24)14-16/h3-9,14H,10-13,15H2,1-2H3. The van der Waals surface area contributed by atoms with Crippen LogP contribution in [0.5, 0.6) is 0 Å². The van der Waals surface area contributed by atoms with Crippen LogP contribution in [0.3, 0.4) is 0 Å². The smallest absolute Gasteiger partial charge is 0.232 e. The van der Waals surface area contributed by atoms with E-state index in [2.05, 4.69) is 0 Å². The molecule has 0 saturated carbocycles. The average Bonchev–Trinajstić information content (AvgIpc) is 2.71. The van der Waals surface area contributed by atoms with E-state index in [4.69, 9.17) is 23.2 Å². The highest BCUT2D eigenvalue weighted by Crippen LogP contribution is 2.26. The molecule has 1 fully saturated rings. The summed E-state index contributed by atoms with van der Waals surface area (Å²) in [6.45, 7) is 6.07. The molecule has 0 aliphatic carbocycles. The average molecular weight is 419 g/mol. The molecule has 2 aromatic rings. The highest BCUT2D eigenvalue weighted by atomic mass is 35.5. The van der Waals surface area contributed by atoms with Gasteiger partial charge in [0.2, 0.25) is 11.8 Å². The molecule has 2 aromatic carbocycles. The quantitative estimate of drug-likeness (QED) is 0.746. The molecule has 148 valence electrons. The lowest BCUT2D eigenvalue weighted by atomic mass is 9.83. The third kappa shape index (κ3) is 4.50. The van der Waals surface area contributed by atoms with E-state index in [1.54, 1.807) is 12.1 Å². The number of hydrogen-bond acceptors (Lipinski definition) is 2. The number of carbonyl (C=O) groups is 2. The normalized spacial score (nSPS) is 14.9. The van der Waals surface area contributed by atoms with Crippen LogP contribution in [-0.2, 0) is 21.4 Å². The zero-order valence-electron chi connectivity index (χ0n) is 16.1. The fourth-order valence-corrected chi connectivity index (χ4v) is 3.79. The van der Waals surface area contributed by atoms with Gasteiger partial charge < -0.3 is 9.80 Å². The van der Waals surface area contributed by atoms with Crippen molar-refractivity contribution < 1.29 is 9.59 Å². The minimum absolute atomic E-state index is 0.0350. The molecule has 0 N–H and O–H groups in total. The van der Waals surface area contributed by atoms with E-state index in [1.165, 1.54) is 0 Å². The van der Waals surface area contributed by atoms with Crippen molar-refractivity contribution in [1.82, 2.24) is 9.80 Å². The number of piperazine rings is 1. The summed E-state index contributed by atoms with van der Waals surface area (Å²) in [4.78, 5) is 29.3. The van der Waals surface area contributed by atoms with Gasteiger partial charge >= 0.3 is 0 Å². The van der Waals surface area contributed by atoms with Gasteiger partial charge in [-0.1, -0.05) is 59.6 Å². The molecule has 0 spiro atoms. The highest BCUT2D eigenvalue weighted by Gasteiger charge is 2.35. The molecule has 2 amide bonds. The molecule has 4 nitrogen and oxygen atoms in total. The van der Waals surface area contributed by atoms with Crippen molar-refractivity contribution in [3.05, 3.63) is 69.7 Å². The Morgan fingerprint density at radius 2 is 1.50 bits per heavy atom. The Balaban J connectivity index is 1.58. The summed E-state index contributed by atoms with van der Waals surface area (Å²) in [6, 6.07) is 15.0. The largest absolute Gasteiger partial charge is 0.339 e. The summed E-state index contributed by atoms with van der Waals surface area (Å²) in [5.74, 6) is 0.128. The summed E-state index contributed by atoms with van der Waals surface area (Å²) >= 11 is 12.0. The Kier molecular flexibility index (Phi) is 6.31. The lowest BCUT2D eigenvalue weighted by Crippen LogP contribution is -2.54. The lowest BCUT2D eigenvalue weighted by Gasteiger charge is -2.39. The van der Waals surface area contributed by atoms with Gasteiger partial charge in [0.15, 0.2) is 0 Å². The maximum Gasteiger partial charge on any atom is 0.232 e. The molecule has 3 rings (SSSR count). The molecule has 28 heavy (non-hydrogen) atoms. The number of hydrogen-bond donors (Lipinski definition) is 0. The van der Waals surface area contributed by atoms with Gasteiger partial charge in [-0.05, 0) is 37.1 Å². The van der Waals surface area contributed by atoms with Crippen LogP contribution < -0.4 is 0 Å². The van der Waals surface area contributed by atoms with E-state index >= 15 is 0 Å². The van der Waals surface area contributed by atoms with Crippen LogP contribution in [-0.4, -0.2) is 47.8 Å². The van der Waals surface area contributed by atoms with Gasteiger partial charge in [-0.25, -0.2) is 0 Å². The first-order valence-corrected chi connectivity index (χ1v) is 10.1. The zero-order chi connectivity index (χ0) is 20.3. The molecule has 1 heterocycles. The van der Waals surface area contributed by atoms with E-state index in [0.717, 1.165) is 11.1 Å². The van der Waals surface area contributed by atoms with Crippen LogP contribution in [0.25, 0.3) is 0 Å². The molecular weight excluding hydrogens is 395 g/mol. The number of carbonyl (C=O) groups excluding carboxylic acids is 2. The van der Waals surface area contributed by atoms with E-state index < -0.39 is 5.41 Å². The van der Waals surface area contributed by atoms with Crippen molar-refractivity contribution >= 4 is 35.0 Å². The molecule has 1 aliphatic heterocycles. The van der Waals surface area contributed by atoms with Gasteiger partial charge in [0.25, 0.3) is 0 Å². The van der Waals surface area contributed by atoms with E-state index in [0.29, 0.717) is 36.2 Å². The van der Waals surface area contributed by atoms with Crippen LogP contribution in [0.2, 0.25) is 10.0 Å². The van der Waals surface area contributed by atoms with Crippen LogP contribution in [0.15, 0.2) is 48.5 Å². The lowest BCUT2D eigenvalue weighted by molar-refractivity contribution is -0.142. The van der Waals surface area contributed by atoms with Crippen LogP contribution >= 0.6 is 23.2 Å². The Morgan fingerprint density at radius 1 is 0.893 bits per heavy atom. The summed E-state index contributed by atoms with van der Waals surface area (Å²) in [6.07, 6.45) is 0.278. The molecule has 0 bridgehead atoms. The van der Waals surface area contributed by atoms with Gasteiger partial charge in [-0.2, -0.15) is 0 Å². The van der Waals surface area contributed by atoms with Crippen molar-refractivity contribution in [2.24, 2.45) is 0 Å². The molecule has 1 aliphatic rings. The van der Waals surface area contributed by atoms with E-state index in [1.807, 2.05) is 60.0 Å². The van der Waals surface area contributed by atoms with Gasteiger partial charge in [-0.15, -0.1) is 0 Å². The summed E-state index contributed by atoms with van der Waals surface area (Å²) in [5.41, 5.74) is 1.24. The second-order valence-corrected chi connectivity index (χ2v) is 8.40. The first-order chi connectivity index (χ1) is 13.3. The van der Waals surface area contributed by atoms with Crippen molar-refractivity contribution in [2.45, 2.75) is 25.7 Å². The van der Waals surface area contributed by atoms with Crippen molar-refractivity contribution in [2.75, 3.05) is 26.2 Å².